The minimum absolute atomic E-state index is 0.129. The lowest BCUT2D eigenvalue weighted by Gasteiger charge is -2.05. The molecule has 0 saturated heterocycles. The molecule has 0 amide bonds. The Bertz CT molecular complexity index is 617. The number of nitrogens with two attached hydrogens (primary N) is 1. The predicted octanol–water partition coefficient (Wildman–Crippen LogP) is 0.944. The molecular weight excluding hydrogens is 262 g/mol. The van der Waals surface area contributed by atoms with Gasteiger partial charge in [-0.2, -0.15) is 4.98 Å². The summed E-state index contributed by atoms with van der Waals surface area (Å²) < 4.78 is 11.5. The van der Waals surface area contributed by atoms with Crippen molar-refractivity contribution in [3.63, 3.8) is 0 Å². The minimum atomic E-state index is -0.525. The second-order valence-electron chi connectivity index (χ2n) is 4.15. The molecular formula is C12H17N5O3. The van der Waals surface area contributed by atoms with Gasteiger partial charge in [-0.25, -0.2) is 9.78 Å². The fraction of sp³-hybridized carbons (Fsp3) is 0.500. The van der Waals surface area contributed by atoms with Gasteiger partial charge in [-0.1, -0.05) is 12.1 Å². The van der Waals surface area contributed by atoms with E-state index < -0.39 is 5.97 Å². The number of rotatable bonds is 5. The van der Waals surface area contributed by atoms with Crippen molar-refractivity contribution in [2.45, 2.75) is 33.7 Å². The van der Waals surface area contributed by atoms with Crippen molar-refractivity contribution in [3.05, 3.63) is 23.2 Å². The molecule has 0 atom stereocenters. The van der Waals surface area contributed by atoms with E-state index in [0.717, 1.165) is 0 Å². The number of esters is 1. The number of ether oxygens (including phenoxy) is 1. The first-order valence-electron chi connectivity index (χ1n) is 6.38. The van der Waals surface area contributed by atoms with E-state index in [9.17, 15) is 4.79 Å². The van der Waals surface area contributed by atoms with Gasteiger partial charge < -0.3 is 19.6 Å². The molecule has 8 nitrogen and oxygen atoms in total. The zero-order chi connectivity index (χ0) is 14.7. The highest BCUT2D eigenvalue weighted by molar-refractivity contribution is 5.92. The van der Waals surface area contributed by atoms with Crippen LogP contribution in [0.5, 0.6) is 0 Å². The lowest BCUT2D eigenvalue weighted by Crippen LogP contribution is -2.11. The smallest absolute Gasteiger partial charge is 0.360 e. The average molecular weight is 279 g/mol. The zero-order valence-corrected chi connectivity index (χ0v) is 11.7. The molecule has 2 heterocycles. The van der Waals surface area contributed by atoms with Gasteiger partial charge in [-0.3, -0.25) is 0 Å². The van der Waals surface area contributed by atoms with Gasteiger partial charge in [0.15, 0.2) is 11.5 Å². The number of carbonyl (C=O) groups is 1. The van der Waals surface area contributed by atoms with E-state index in [2.05, 4.69) is 15.1 Å². The van der Waals surface area contributed by atoms with E-state index in [4.69, 9.17) is 15.0 Å². The topological polar surface area (TPSA) is 109 Å². The molecule has 8 heteroatoms. The van der Waals surface area contributed by atoms with Gasteiger partial charge in [0.2, 0.25) is 5.89 Å². The van der Waals surface area contributed by atoms with Crippen molar-refractivity contribution >= 4 is 11.8 Å². The third kappa shape index (κ3) is 2.63. The molecule has 0 aromatic carbocycles. The van der Waals surface area contributed by atoms with Gasteiger partial charge in [0.1, 0.15) is 11.6 Å². The largest absolute Gasteiger partial charge is 0.461 e. The number of aryl methyl sites for hydroxylation is 2. The third-order valence-corrected chi connectivity index (χ3v) is 2.74. The van der Waals surface area contributed by atoms with Crippen LogP contribution in [0.15, 0.2) is 4.52 Å². The fourth-order valence-corrected chi connectivity index (χ4v) is 1.86. The highest BCUT2D eigenvalue weighted by Crippen LogP contribution is 2.17. The average Bonchev–Trinajstić information content (AvgIpc) is 2.96. The quantitative estimate of drug-likeness (QED) is 0.811. The lowest BCUT2D eigenvalue weighted by molar-refractivity contribution is 0.0521. The fourth-order valence-electron chi connectivity index (χ4n) is 1.86. The molecule has 0 radical (unpaired) electrons. The number of nitrogens with zero attached hydrogens (tertiary/aromatic N) is 4. The van der Waals surface area contributed by atoms with Crippen molar-refractivity contribution < 1.29 is 14.1 Å². The summed E-state index contributed by atoms with van der Waals surface area (Å²) in [6, 6.07) is 0. The van der Waals surface area contributed by atoms with Crippen LogP contribution in [0.25, 0.3) is 0 Å². The van der Waals surface area contributed by atoms with E-state index in [1.165, 1.54) is 0 Å². The molecule has 0 aliphatic carbocycles. The maximum Gasteiger partial charge on any atom is 0.360 e. The van der Waals surface area contributed by atoms with Crippen LogP contribution in [0.3, 0.4) is 0 Å². The normalized spacial score (nSPS) is 10.8. The first kappa shape index (κ1) is 14.0. The Morgan fingerprint density at radius 3 is 2.70 bits per heavy atom. The van der Waals surface area contributed by atoms with E-state index in [1.807, 2.05) is 6.92 Å². The summed E-state index contributed by atoms with van der Waals surface area (Å²) in [7, 11) is 0. The molecule has 0 bridgehead atoms. The number of hydrogen-bond acceptors (Lipinski definition) is 7. The Morgan fingerprint density at radius 1 is 1.40 bits per heavy atom. The Morgan fingerprint density at radius 2 is 2.15 bits per heavy atom. The van der Waals surface area contributed by atoms with Crippen molar-refractivity contribution in [1.29, 1.82) is 0 Å². The molecule has 2 aromatic rings. The van der Waals surface area contributed by atoms with Crippen LogP contribution in [0.1, 0.15) is 41.9 Å². The monoisotopic (exact) mass is 279 g/mol. The van der Waals surface area contributed by atoms with Crippen molar-refractivity contribution in [3.8, 4) is 0 Å². The molecule has 108 valence electrons. The highest BCUT2D eigenvalue weighted by Gasteiger charge is 2.21. The van der Waals surface area contributed by atoms with Crippen LogP contribution in [0.2, 0.25) is 0 Å². The molecule has 0 aliphatic heterocycles. The van der Waals surface area contributed by atoms with Crippen LogP contribution >= 0.6 is 0 Å². The highest BCUT2D eigenvalue weighted by atomic mass is 16.5. The van der Waals surface area contributed by atoms with Crippen LogP contribution in [-0.2, 0) is 17.7 Å². The first-order chi connectivity index (χ1) is 9.56. The molecule has 0 fully saturated rings. The summed E-state index contributed by atoms with van der Waals surface area (Å²) in [5.74, 6) is 1.36. The van der Waals surface area contributed by atoms with Crippen molar-refractivity contribution in [2.24, 2.45) is 0 Å². The summed E-state index contributed by atoms with van der Waals surface area (Å²) in [5.41, 5.74) is 6.11. The van der Waals surface area contributed by atoms with Gasteiger partial charge in [0, 0.05) is 13.3 Å². The number of hydrogen-bond donors (Lipinski definition) is 1. The number of imidazole rings is 1. The maximum atomic E-state index is 11.8. The summed E-state index contributed by atoms with van der Waals surface area (Å²) in [4.78, 5) is 20.1. The van der Waals surface area contributed by atoms with Gasteiger partial charge in [0.05, 0.1) is 13.2 Å². The second kappa shape index (κ2) is 5.72. The van der Waals surface area contributed by atoms with Crippen molar-refractivity contribution in [1.82, 2.24) is 19.7 Å². The van der Waals surface area contributed by atoms with E-state index >= 15 is 0 Å². The molecule has 0 aliphatic rings. The maximum absolute atomic E-state index is 11.8. The predicted molar refractivity (Wildman–Crippen MR) is 70.1 cm³/mol. The van der Waals surface area contributed by atoms with Crippen molar-refractivity contribution in [2.75, 3.05) is 12.3 Å². The third-order valence-electron chi connectivity index (χ3n) is 2.74. The molecule has 0 saturated carbocycles. The molecule has 0 unspecified atom stereocenters. The molecule has 20 heavy (non-hydrogen) atoms. The van der Waals surface area contributed by atoms with Crippen LogP contribution in [0, 0.1) is 6.92 Å². The van der Waals surface area contributed by atoms with Crippen LogP contribution < -0.4 is 5.73 Å². The summed E-state index contributed by atoms with van der Waals surface area (Å²) in [6.07, 6.45) is 0.625. The Labute approximate surface area is 115 Å². The molecule has 2 N–H and O–H groups in total. The zero-order valence-electron chi connectivity index (χ0n) is 11.7. The van der Waals surface area contributed by atoms with Gasteiger partial charge in [-0.15, -0.1) is 0 Å². The lowest BCUT2D eigenvalue weighted by atomic mass is 10.4. The summed E-state index contributed by atoms with van der Waals surface area (Å²) in [6.45, 7) is 5.94. The van der Waals surface area contributed by atoms with Gasteiger partial charge in [0.25, 0.3) is 0 Å². The summed E-state index contributed by atoms with van der Waals surface area (Å²) in [5, 5.41) is 3.81. The Balaban J connectivity index is 2.34. The first-order valence-corrected chi connectivity index (χ1v) is 6.38. The molecule has 2 aromatic heterocycles. The van der Waals surface area contributed by atoms with Crippen LogP contribution in [-0.4, -0.2) is 32.3 Å². The van der Waals surface area contributed by atoms with Crippen LogP contribution in [0.4, 0.5) is 5.82 Å². The van der Waals surface area contributed by atoms with E-state index in [0.29, 0.717) is 30.5 Å². The number of nitrogen functional groups attached to an aromatic ring is 1. The van der Waals surface area contributed by atoms with Gasteiger partial charge >= 0.3 is 5.97 Å². The molecule has 0 spiro atoms. The summed E-state index contributed by atoms with van der Waals surface area (Å²) >= 11 is 0. The number of anilines is 1. The van der Waals surface area contributed by atoms with E-state index in [1.54, 1.807) is 18.4 Å². The minimum Gasteiger partial charge on any atom is -0.461 e. The number of aromatic nitrogens is 4. The second-order valence-corrected chi connectivity index (χ2v) is 4.15. The Hall–Kier alpha value is -2.38. The number of carbonyl (C=O) groups excluding carboxylic acids is 1. The molecule has 2 rings (SSSR count). The Kier molecular flexibility index (Phi) is 4.02. The van der Waals surface area contributed by atoms with E-state index in [-0.39, 0.29) is 18.1 Å². The van der Waals surface area contributed by atoms with Gasteiger partial charge in [-0.05, 0) is 6.92 Å². The SMILES string of the molecule is CCOC(=O)c1nc(CC)n(Cc2noc(C)n2)c1N. The standard InChI is InChI=1S/C12H17N5O3/c1-4-9-15-10(12(18)19-5-2)11(13)17(9)6-8-14-7(3)20-16-8/h4-6,13H2,1-3H3.